The van der Waals surface area contributed by atoms with Crippen molar-refractivity contribution < 1.29 is 4.52 Å². The zero-order valence-corrected chi connectivity index (χ0v) is 9.78. The average molecular weight is 245 g/mol. The highest BCUT2D eigenvalue weighted by molar-refractivity contribution is 5.35. The third-order valence-electron chi connectivity index (χ3n) is 2.59. The number of aryl methyl sites for hydroxylation is 1. The van der Waals surface area contributed by atoms with Crippen molar-refractivity contribution in [1.29, 1.82) is 0 Å². The van der Waals surface area contributed by atoms with Crippen LogP contribution in [0.3, 0.4) is 0 Å². The molecular formula is C11H11N5O2. The molecule has 0 fully saturated rings. The van der Waals surface area contributed by atoms with Gasteiger partial charge < -0.3 is 4.52 Å². The molecular weight excluding hydrogens is 234 g/mol. The fraction of sp³-hybridized carbons (Fsp3) is 0.273. The van der Waals surface area contributed by atoms with Gasteiger partial charge >= 0.3 is 5.69 Å². The summed E-state index contributed by atoms with van der Waals surface area (Å²) in [6, 6.07) is 5.38. The third kappa shape index (κ3) is 1.69. The van der Waals surface area contributed by atoms with Crippen molar-refractivity contribution in [1.82, 2.24) is 24.3 Å². The van der Waals surface area contributed by atoms with Crippen LogP contribution in [0.1, 0.15) is 18.6 Å². The van der Waals surface area contributed by atoms with E-state index in [1.807, 2.05) is 13.0 Å². The predicted molar refractivity (Wildman–Crippen MR) is 62.2 cm³/mol. The summed E-state index contributed by atoms with van der Waals surface area (Å²) in [5.41, 5.74) is 0.384. The van der Waals surface area contributed by atoms with Crippen LogP contribution in [-0.2, 0) is 13.0 Å². The minimum Gasteiger partial charge on any atom is -0.339 e. The van der Waals surface area contributed by atoms with Gasteiger partial charge in [-0.2, -0.15) is 4.98 Å². The van der Waals surface area contributed by atoms with E-state index in [4.69, 9.17) is 4.52 Å². The Kier molecular flexibility index (Phi) is 2.44. The van der Waals surface area contributed by atoms with E-state index in [2.05, 4.69) is 15.2 Å². The minimum atomic E-state index is -0.214. The summed E-state index contributed by atoms with van der Waals surface area (Å²) in [5.74, 6) is 1.01. The second-order valence-electron chi connectivity index (χ2n) is 3.83. The molecule has 0 atom stereocenters. The van der Waals surface area contributed by atoms with Gasteiger partial charge in [0.25, 0.3) is 0 Å². The van der Waals surface area contributed by atoms with Crippen LogP contribution < -0.4 is 5.69 Å². The average Bonchev–Trinajstić information content (AvgIpc) is 2.97. The Morgan fingerprint density at radius 3 is 3.00 bits per heavy atom. The SMILES string of the molecule is CCc1nc(Cn2nc3ccccn3c2=O)no1. The Labute approximate surface area is 102 Å². The first-order valence-corrected chi connectivity index (χ1v) is 5.63. The highest BCUT2D eigenvalue weighted by Gasteiger charge is 2.10. The molecule has 0 unspecified atom stereocenters. The summed E-state index contributed by atoms with van der Waals surface area (Å²) in [7, 11) is 0. The van der Waals surface area contributed by atoms with Gasteiger partial charge in [0, 0.05) is 12.6 Å². The van der Waals surface area contributed by atoms with E-state index < -0.39 is 0 Å². The standard InChI is InChI=1S/C11H11N5O2/c1-2-10-12-8(14-18-10)7-16-11(17)15-6-4-3-5-9(15)13-16/h3-6H,2,7H2,1H3. The molecule has 7 heteroatoms. The molecule has 0 aliphatic carbocycles. The maximum atomic E-state index is 12.0. The summed E-state index contributed by atoms with van der Waals surface area (Å²) >= 11 is 0. The van der Waals surface area contributed by atoms with Crippen LogP contribution >= 0.6 is 0 Å². The van der Waals surface area contributed by atoms with Crippen LogP contribution in [-0.4, -0.2) is 24.3 Å². The van der Waals surface area contributed by atoms with Gasteiger partial charge in [0.1, 0.15) is 6.54 Å². The summed E-state index contributed by atoms with van der Waals surface area (Å²) < 4.78 is 7.78. The molecule has 3 aromatic rings. The van der Waals surface area contributed by atoms with Crippen LogP contribution in [0.15, 0.2) is 33.7 Å². The predicted octanol–water partition coefficient (Wildman–Crippen LogP) is 0.490. The van der Waals surface area contributed by atoms with E-state index in [9.17, 15) is 4.79 Å². The van der Waals surface area contributed by atoms with Gasteiger partial charge in [-0.05, 0) is 12.1 Å². The first kappa shape index (κ1) is 10.7. The molecule has 0 aliphatic heterocycles. The second kappa shape index (κ2) is 4.10. The smallest absolute Gasteiger partial charge is 0.339 e. The normalized spacial score (nSPS) is 11.2. The van der Waals surface area contributed by atoms with Gasteiger partial charge in [-0.25, -0.2) is 9.48 Å². The molecule has 0 aliphatic rings. The quantitative estimate of drug-likeness (QED) is 0.671. The van der Waals surface area contributed by atoms with Crippen molar-refractivity contribution in [3.05, 3.63) is 46.6 Å². The Hall–Kier alpha value is -2.44. The molecule has 18 heavy (non-hydrogen) atoms. The third-order valence-corrected chi connectivity index (χ3v) is 2.59. The van der Waals surface area contributed by atoms with Crippen LogP contribution in [0.25, 0.3) is 5.65 Å². The lowest BCUT2D eigenvalue weighted by Gasteiger charge is -1.91. The maximum absolute atomic E-state index is 12.0. The molecule has 7 nitrogen and oxygen atoms in total. The highest BCUT2D eigenvalue weighted by atomic mass is 16.5. The Bertz CT molecular complexity index is 739. The Balaban J connectivity index is 1.99. The van der Waals surface area contributed by atoms with Crippen LogP contribution in [0.5, 0.6) is 0 Å². The molecule has 0 spiro atoms. The van der Waals surface area contributed by atoms with Crippen LogP contribution in [0.2, 0.25) is 0 Å². The number of pyridine rings is 1. The molecule has 0 aromatic carbocycles. The number of hydrogen-bond acceptors (Lipinski definition) is 5. The molecule has 0 radical (unpaired) electrons. The van der Waals surface area contributed by atoms with E-state index in [1.54, 1.807) is 18.3 Å². The van der Waals surface area contributed by atoms with Gasteiger partial charge in [-0.15, -0.1) is 5.10 Å². The van der Waals surface area contributed by atoms with E-state index in [1.165, 1.54) is 9.08 Å². The van der Waals surface area contributed by atoms with Crippen molar-refractivity contribution in [3.63, 3.8) is 0 Å². The summed E-state index contributed by atoms with van der Waals surface area (Å²) in [6.45, 7) is 2.14. The molecule has 3 heterocycles. The zero-order chi connectivity index (χ0) is 12.5. The molecule has 0 bridgehead atoms. The van der Waals surface area contributed by atoms with Crippen molar-refractivity contribution in [2.75, 3.05) is 0 Å². The summed E-state index contributed by atoms with van der Waals surface area (Å²) in [4.78, 5) is 16.1. The molecule has 0 amide bonds. The Morgan fingerprint density at radius 1 is 1.39 bits per heavy atom. The molecule has 0 saturated carbocycles. The highest BCUT2D eigenvalue weighted by Crippen LogP contribution is 2.00. The van der Waals surface area contributed by atoms with Crippen molar-refractivity contribution in [3.8, 4) is 0 Å². The summed E-state index contributed by atoms with van der Waals surface area (Å²) in [6.07, 6.45) is 2.35. The van der Waals surface area contributed by atoms with Gasteiger partial charge in [0.15, 0.2) is 11.5 Å². The van der Waals surface area contributed by atoms with E-state index >= 15 is 0 Å². The second-order valence-corrected chi connectivity index (χ2v) is 3.83. The lowest BCUT2D eigenvalue weighted by molar-refractivity contribution is 0.374. The molecule has 0 N–H and O–H groups in total. The van der Waals surface area contributed by atoms with Gasteiger partial charge in [-0.1, -0.05) is 18.1 Å². The molecule has 92 valence electrons. The first-order valence-electron chi connectivity index (χ1n) is 5.63. The lowest BCUT2D eigenvalue weighted by atomic mass is 10.5. The van der Waals surface area contributed by atoms with Crippen LogP contribution in [0.4, 0.5) is 0 Å². The minimum absolute atomic E-state index is 0.212. The van der Waals surface area contributed by atoms with Crippen molar-refractivity contribution in [2.24, 2.45) is 0 Å². The van der Waals surface area contributed by atoms with E-state index in [0.29, 0.717) is 23.8 Å². The fourth-order valence-electron chi connectivity index (χ4n) is 1.70. The number of fused-ring (bicyclic) bond motifs is 1. The molecule has 3 rings (SSSR count). The van der Waals surface area contributed by atoms with Crippen molar-refractivity contribution in [2.45, 2.75) is 19.9 Å². The summed E-state index contributed by atoms with van der Waals surface area (Å²) in [5, 5.41) is 7.99. The van der Waals surface area contributed by atoms with Gasteiger partial charge in [0.05, 0.1) is 0 Å². The number of aromatic nitrogens is 5. The monoisotopic (exact) mass is 245 g/mol. The Morgan fingerprint density at radius 2 is 2.28 bits per heavy atom. The lowest BCUT2D eigenvalue weighted by Crippen LogP contribution is -2.22. The topological polar surface area (TPSA) is 78.2 Å². The van der Waals surface area contributed by atoms with E-state index in [0.717, 1.165) is 0 Å². The first-order chi connectivity index (χ1) is 8.78. The zero-order valence-electron chi connectivity index (χ0n) is 9.78. The number of nitrogens with zero attached hydrogens (tertiary/aromatic N) is 5. The maximum Gasteiger partial charge on any atom is 0.350 e. The van der Waals surface area contributed by atoms with Crippen molar-refractivity contribution >= 4 is 5.65 Å². The van der Waals surface area contributed by atoms with E-state index in [-0.39, 0.29) is 12.2 Å². The van der Waals surface area contributed by atoms with Gasteiger partial charge in [0.2, 0.25) is 5.89 Å². The fourth-order valence-corrected chi connectivity index (χ4v) is 1.70. The largest absolute Gasteiger partial charge is 0.350 e. The molecule has 3 aromatic heterocycles. The molecule has 0 saturated heterocycles. The number of rotatable bonds is 3. The van der Waals surface area contributed by atoms with Gasteiger partial charge in [-0.3, -0.25) is 4.40 Å². The number of hydrogen-bond donors (Lipinski definition) is 0. The van der Waals surface area contributed by atoms with Crippen LogP contribution in [0, 0.1) is 0 Å².